The van der Waals surface area contributed by atoms with Crippen LogP contribution in [-0.2, 0) is 9.53 Å². The van der Waals surface area contributed by atoms with E-state index in [1.165, 1.54) is 7.11 Å². The number of nitrogens with one attached hydrogen (secondary N) is 1. The van der Waals surface area contributed by atoms with E-state index in [0.717, 1.165) is 5.69 Å². The van der Waals surface area contributed by atoms with Crippen LogP contribution in [0.1, 0.15) is 6.42 Å². The molecule has 1 amide bonds. The van der Waals surface area contributed by atoms with Gasteiger partial charge in [0.25, 0.3) is 0 Å². The summed E-state index contributed by atoms with van der Waals surface area (Å²) in [7, 11) is 1.54. The van der Waals surface area contributed by atoms with Crippen molar-refractivity contribution in [1.82, 2.24) is 15.0 Å². The number of aromatic nitrogens is 3. The van der Waals surface area contributed by atoms with Gasteiger partial charge >= 0.3 is 0 Å². The maximum Gasteiger partial charge on any atom is 0.227 e. The largest absolute Gasteiger partial charge is 0.380 e. The zero-order valence-corrected chi connectivity index (χ0v) is 11.2. The standard InChI is InChI=1S/C13H17N5O2/c1-20-12(9-14)8-13(19)16-10-2-4-11(5-3-10)18-7-6-15-17-18/h2-7,12H,8-9,14H2,1H3,(H,16,19). The fourth-order valence-corrected chi connectivity index (χ4v) is 1.73. The summed E-state index contributed by atoms with van der Waals surface area (Å²) >= 11 is 0. The SMILES string of the molecule is COC(CN)CC(=O)Nc1ccc(-n2ccnn2)cc1. The summed E-state index contributed by atoms with van der Waals surface area (Å²) in [5, 5.41) is 10.4. The number of ether oxygens (including phenoxy) is 1. The Balaban J connectivity index is 1.95. The molecule has 0 fully saturated rings. The third-order valence-electron chi connectivity index (χ3n) is 2.85. The third-order valence-corrected chi connectivity index (χ3v) is 2.85. The monoisotopic (exact) mass is 275 g/mol. The molecule has 1 heterocycles. The normalized spacial score (nSPS) is 12.1. The van der Waals surface area contributed by atoms with Gasteiger partial charge in [0.2, 0.25) is 5.91 Å². The molecule has 0 saturated heterocycles. The number of anilines is 1. The van der Waals surface area contributed by atoms with E-state index < -0.39 is 0 Å². The number of amides is 1. The van der Waals surface area contributed by atoms with Gasteiger partial charge in [0.1, 0.15) is 0 Å². The Morgan fingerprint density at radius 1 is 1.45 bits per heavy atom. The van der Waals surface area contributed by atoms with Crippen molar-refractivity contribution in [2.24, 2.45) is 5.73 Å². The second-order valence-electron chi connectivity index (χ2n) is 4.24. The van der Waals surface area contributed by atoms with Gasteiger partial charge in [-0.2, -0.15) is 0 Å². The summed E-state index contributed by atoms with van der Waals surface area (Å²) in [6, 6.07) is 7.31. The van der Waals surface area contributed by atoms with Crippen LogP contribution in [0.2, 0.25) is 0 Å². The topological polar surface area (TPSA) is 95.1 Å². The molecule has 1 unspecified atom stereocenters. The summed E-state index contributed by atoms with van der Waals surface area (Å²) in [5.41, 5.74) is 7.06. The van der Waals surface area contributed by atoms with Gasteiger partial charge in [-0.25, -0.2) is 4.68 Å². The first-order valence-electron chi connectivity index (χ1n) is 6.22. The summed E-state index contributed by atoms with van der Waals surface area (Å²) in [4.78, 5) is 11.8. The fourth-order valence-electron chi connectivity index (χ4n) is 1.73. The number of carbonyl (C=O) groups is 1. The van der Waals surface area contributed by atoms with Crippen molar-refractivity contribution in [3.05, 3.63) is 36.7 Å². The molecule has 2 rings (SSSR count). The Hall–Kier alpha value is -2.25. The molecule has 0 bridgehead atoms. The minimum Gasteiger partial charge on any atom is -0.380 e. The first-order valence-corrected chi connectivity index (χ1v) is 6.22. The molecule has 0 radical (unpaired) electrons. The molecule has 3 N–H and O–H groups in total. The maximum absolute atomic E-state index is 11.8. The number of hydrogen-bond donors (Lipinski definition) is 2. The van der Waals surface area contributed by atoms with Gasteiger partial charge in [-0.3, -0.25) is 4.79 Å². The van der Waals surface area contributed by atoms with Crippen LogP contribution < -0.4 is 11.1 Å². The van der Waals surface area contributed by atoms with Crippen LogP contribution in [-0.4, -0.2) is 40.7 Å². The van der Waals surface area contributed by atoms with Crippen LogP contribution in [0.15, 0.2) is 36.7 Å². The number of methoxy groups -OCH3 is 1. The predicted molar refractivity (Wildman–Crippen MR) is 74.5 cm³/mol. The first-order chi connectivity index (χ1) is 9.72. The summed E-state index contributed by atoms with van der Waals surface area (Å²) in [5.74, 6) is -0.129. The average Bonchev–Trinajstić information content (AvgIpc) is 2.99. The van der Waals surface area contributed by atoms with Gasteiger partial charge in [-0.05, 0) is 24.3 Å². The molecule has 1 aromatic carbocycles. The van der Waals surface area contributed by atoms with Crippen LogP contribution in [0.25, 0.3) is 5.69 Å². The zero-order valence-electron chi connectivity index (χ0n) is 11.2. The summed E-state index contributed by atoms with van der Waals surface area (Å²) < 4.78 is 6.71. The van der Waals surface area contributed by atoms with Gasteiger partial charge in [0.15, 0.2) is 0 Å². The Labute approximate surface area is 116 Å². The number of nitrogens with two attached hydrogens (primary N) is 1. The number of benzene rings is 1. The molecule has 20 heavy (non-hydrogen) atoms. The van der Waals surface area contributed by atoms with E-state index in [0.29, 0.717) is 12.2 Å². The highest BCUT2D eigenvalue weighted by Gasteiger charge is 2.11. The number of hydrogen-bond acceptors (Lipinski definition) is 5. The molecule has 0 spiro atoms. The Kier molecular flexibility index (Phi) is 4.80. The van der Waals surface area contributed by atoms with Crippen LogP contribution in [0.3, 0.4) is 0 Å². The Bertz CT molecular complexity index is 534. The van der Waals surface area contributed by atoms with E-state index >= 15 is 0 Å². The van der Waals surface area contributed by atoms with Crippen LogP contribution in [0.4, 0.5) is 5.69 Å². The second-order valence-corrected chi connectivity index (χ2v) is 4.24. The molecule has 106 valence electrons. The summed E-state index contributed by atoms with van der Waals surface area (Å²) in [6.45, 7) is 0.315. The lowest BCUT2D eigenvalue weighted by Gasteiger charge is -2.12. The quantitative estimate of drug-likeness (QED) is 0.803. The van der Waals surface area contributed by atoms with Gasteiger partial charge in [0.05, 0.1) is 30.6 Å². The highest BCUT2D eigenvalue weighted by Crippen LogP contribution is 2.12. The molecule has 0 aliphatic heterocycles. The van der Waals surface area contributed by atoms with Gasteiger partial charge in [-0.15, -0.1) is 5.10 Å². The molecule has 1 atom stereocenters. The van der Waals surface area contributed by atoms with Crippen molar-refractivity contribution in [1.29, 1.82) is 0 Å². The molecule has 0 aliphatic rings. The lowest BCUT2D eigenvalue weighted by molar-refractivity contribution is -0.118. The third kappa shape index (κ3) is 3.62. The smallest absolute Gasteiger partial charge is 0.227 e. The second kappa shape index (κ2) is 6.78. The van der Waals surface area contributed by atoms with Gasteiger partial charge in [-0.1, -0.05) is 5.21 Å². The zero-order chi connectivity index (χ0) is 14.4. The minimum absolute atomic E-state index is 0.129. The van der Waals surface area contributed by atoms with Crippen molar-refractivity contribution in [3.63, 3.8) is 0 Å². The van der Waals surface area contributed by atoms with Crippen molar-refractivity contribution >= 4 is 11.6 Å². The lowest BCUT2D eigenvalue weighted by atomic mass is 10.2. The summed E-state index contributed by atoms with van der Waals surface area (Å²) in [6.07, 6.45) is 3.33. The minimum atomic E-state index is -0.260. The molecule has 1 aromatic heterocycles. The molecule has 7 heteroatoms. The fraction of sp³-hybridized carbons (Fsp3) is 0.308. The van der Waals surface area contributed by atoms with E-state index in [-0.39, 0.29) is 18.4 Å². The molecule has 7 nitrogen and oxygen atoms in total. The molecular formula is C13H17N5O2. The predicted octanol–water partition coefficient (Wildman–Crippen LogP) is 0.570. The number of rotatable bonds is 6. The first kappa shape index (κ1) is 14.2. The molecule has 0 aliphatic carbocycles. The Morgan fingerprint density at radius 3 is 2.75 bits per heavy atom. The van der Waals surface area contributed by atoms with E-state index in [9.17, 15) is 4.79 Å². The van der Waals surface area contributed by atoms with Crippen molar-refractivity contribution < 1.29 is 9.53 Å². The van der Waals surface area contributed by atoms with E-state index in [1.807, 2.05) is 12.1 Å². The highest BCUT2D eigenvalue weighted by atomic mass is 16.5. The Morgan fingerprint density at radius 2 is 2.20 bits per heavy atom. The lowest BCUT2D eigenvalue weighted by Crippen LogP contribution is -2.28. The van der Waals surface area contributed by atoms with Crippen molar-refractivity contribution in [2.45, 2.75) is 12.5 Å². The van der Waals surface area contributed by atoms with E-state index in [1.54, 1.807) is 29.2 Å². The maximum atomic E-state index is 11.8. The highest BCUT2D eigenvalue weighted by molar-refractivity contribution is 5.91. The van der Waals surface area contributed by atoms with Crippen LogP contribution >= 0.6 is 0 Å². The molecule has 2 aromatic rings. The number of carbonyl (C=O) groups excluding carboxylic acids is 1. The average molecular weight is 275 g/mol. The number of nitrogens with zero attached hydrogens (tertiary/aromatic N) is 3. The molecule has 0 saturated carbocycles. The molecular weight excluding hydrogens is 258 g/mol. The van der Waals surface area contributed by atoms with E-state index in [4.69, 9.17) is 10.5 Å². The van der Waals surface area contributed by atoms with Crippen molar-refractivity contribution in [2.75, 3.05) is 19.0 Å². The van der Waals surface area contributed by atoms with E-state index in [2.05, 4.69) is 15.6 Å². The van der Waals surface area contributed by atoms with Crippen molar-refractivity contribution in [3.8, 4) is 5.69 Å². The van der Waals surface area contributed by atoms with Crippen LogP contribution in [0, 0.1) is 0 Å². The van der Waals surface area contributed by atoms with Crippen LogP contribution in [0.5, 0.6) is 0 Å². The van der Waals surface area contributed by atoms with Gasteiger partial charge < -0.3 is 15.8 Å². The van der Waals surface area contributed by atoms with Gasteiger partial charge in [0, 0.05) is 19.3 Å².